The molecule has 12 heavy (non-hydrogen) atoms. The first-order chi connectivity index (χ1) is 5.24. The Balaban J connectivity index is 0.00000121. The van der Waals surface area contributed by atoms with Crippen molar-refractivity contribution in [1.29, 1.82) is 0 Å². The Labute approximate surface area is 87.2 Å². The quantitative estimate of drug-likeness (QED) is 0.800. The maximum Gasteiger partial charge on any atom is 0.0478 e. The zero-order valence-corrected chi connectivity index (χ0v) is 8.94. The highest BCUT2D eigenvalue weighted by atomic mass is 79.9. The van der Waals surface area contributed by atoms with Gasteiger partial charge in [0.05, 0.1) is 0 Å². The second-order valence-electron chi connectivity index (χ2n) is 2.32. The van der Waals surface area contributed by atoms with Crippen molar-refractivity contribution in [2.45, 2.75) is 6.04 Å². The van der Waals surface area contributed by atoms with Gasteiger partial charge in [0.2, 0.25) is 0 Å². The van der Waals surface area contributed by atoms with Gasteiger partial charge in [0.15, 0.2) is 0 Å². The highest BCUT2D eigenvalue weighted by Gasteiger charge is 1.99. The lowest BCUT2D eigenvalue weighted by Crippen LogP contribution is -2.05. The minimum Gasteiger partial charge on any atom is -0.321 e. The monoisotopic (exact) mass is 247 g/mol. The zero-order chi connectivity index (χ0) is 8.27. The number of nitrogens with two attached hydrogens (primary N) is 1. The molecule has 1 aromatic carbocycles. The molecule has 0 saturated heterocycles. The van der Waals surface area contributed by atoms with Gasteiger partial charge in [-0.15, -0.1) is 19.0 Å². The maximum atomic E-state index is 5.72. The summed E-state index contributed by atoms with van der Waals surface area (Å²) in [7, 11) is 0. The van der Waals surface area contributed by atoms with Crippen LogP contribution in [0, 0.1) is 0 Å². The molecule has 0 fully saturated rings. The molecule has 0 aliphatic rings. The molecule has 0 heterocycles. The maximum absolute atomic E-state index is 5.72. The van der Waals surface area contributed by atoms with E-state index >= 15 is 0 Å². The Morgan fingerprint density at radius 3 is 2.67 bits per heavy atom. The van der Waals surface area contributed by atoms with E-state index in [1.807, 2.05) is 24.3 Å². The zero-order valence-electron chi connectivity index (χ0n) is 6.53. The van der Waals surface area contributed by atoms with Crippen LogP contribution in [0.3, 0.4) is 0 Å². The summed E-state index contributed by atoms with van der Waals surface area (Å²) in [5, 5.41) is 0. The molecule has 0 aliphatic carbocycles. The second kappa shape index (κ2) is 5.36. The number of halogens is 2. The fourth-order valence-electron chi connectivity index (χ4n) is 0.850. The van der Waals surface area contributed by atoms with Crippen molar-refractivity contribution in [3.63, 3.8) is 0 Å². The van der Waals surface area contributed by atoms with Crippen LogP contribution >= 0.6 is 28.3 Å². The minimum absolute atomic E-state index is 0. The first-order valence-electron chi connectivity index (χ1n) is 3.37. The number of hydrogen-bond donors (Lipinski definition) is 1. The Morgan fingerprint density at radius 1 is 1.50 bits per heavy atom. The van der Waals surface area contributed by atoms with E-state index in [-0.39, 0.29) is 18.4 Å². The predicted molar refractivity (Wildman–Crippen MR) is 58.5 cm³/mol. The summed E-state index contributed by atoms with van der Waals surface area (Å²) in [5.74, 6) is 0. The van der Waals surface area contributed by atoms with Crippen molar-refractivity contribution in [2.75, 3.05) is 0 Å². The fraction of sp³-hybridized carbons (Fsp3) is 0.111. The van der Waals surface area contributed by atoms with E-state index in [1.54, 1.807) is 6.08 Å². The molecule has 0 bridgehead atoms. The fourth-order valence-corrected chi connectivity index (χ4v) is 1.27. The highest BCUT2D eigenvalue weighted by Crippen LogP contribution is 2.16. The second-order valence-corrected chi connectivity index (χ2v) is 3.23. The molecule has 0 unspecified atom stereocenters. The molecule has 0 amide bonds. The average molecular weight is 249 g/mol. The third-order valence-electron chi connectivity index (χ3n) is 1.49. The van der Waals surface area contributed by atoms with E-state index in [9.17, 15) is 0 Å². The summed E-state index contributed by atoms with van der Waals surface area (Å²) >= 11 is 3.37. The van der Waals surface area contributed by atoms with Crippen molar-refractivity contribution in [3.8, 4) is 0 Å². The molecule has 0 spiro atoms. The van der Waals surface area contributed by atoms with E-state index in [0.29, 0.717) is 0 Å². The summed E-state index contributed by atoms with van der Waals surface area (Å²) in [6.07, 6.45) is 1.72. The summed E-state index contributed by atoms with van der Waals surface area (Å²) < 4.78 is 1.05. The van der Waals surface area contributed by atoms with Crippen molar-refractivity contribution in [3.05, 3.63) is 47.0 Å². The van der Waals surface area contributed by atoms with Crippen molar-refractivity contribution in [1.82, 2.24) is 0 Å². The van der Waals surface area contributed by atoms with Gasteiger partial charge in [0.25, 0.3) is 0 Å². The third-order valence-corrected chi connectivity index (χ3v) is 1.98. The standard InChI is InChI=1S/C9H10BrN.ClH/c1-2-9(11)7-4-3-5-8(10)6-7;/h2-6,9H,1,11H2;1H/t9-;/m1./s1. The molecule has 1 atom stereocenters. The molecule has 0 radical (unpaired) electrons. The molecule has 0 aliphatic heterocycles. The summed E-state index contributed by atoms with van der Waals surface area (Å²) in [4.78, 5) is 0. The van der Waals surface area contributed by atoms with Crippen LogP contribution < -0.4 is 5.73 Å². The number of hydrogen-bond acceptors (Lipinski definition) is 1. The molecular formula is C9H11BrClN. The van der Waals surface area contributed by atoms with Crippen LogP contribution in [-0.4, -0.2) is 0 Å². The van der Waals surface area contributed by atoms with Crippen LogP contribution in [0.1, 0.15) is 11.6 Å². The van der Waals surface area contributed by atoms with Crippen molar-refractivity contribution >= 4 is 28.3 Å². The topological polar surface area (TPSA) is 26.0 Å². The van der Waals surface area contributed by atoms with Gasteiger partial charge in [-0.3, -0.25) is 0 Å². The molecule has 1 aromatic rings. The van der Waals surface area contributed by atoms with Crippen LogP contribution in [0.2, 0.25) is 0 Å². The third kappa shape index (κ3) is 2.97. The van der Waals surface area contributed by atoms with Gasteiger partial charge in [-0.25, -0.2) is 0 Å². The Kier molecular flexibility index (Phi) is 5.22. The van der Waals surface area contributed by atoms with Crippen LogP contribution in [0.4, 0.5) is 0 Å². The van der Waals surface area contributed by atoms with Crippen molar-refractivity contribution in [2.24, 2.45) is 5.73 Å². The number of benzene rings is 1. The van der Waals surface area contributed by atoms with E-state index in [4.69, 9.17) is 5.73 Å². The van der Waals surface area contributed by atoms with E-state index < -0.39 is 0 Å². The van der Waals surface area contributed by atoms with Crippen LogP contribution in [-0.2, 0) is 0 Å². The highest BCUT2D eigenvalue weighted by molar-refractivity contribution is 9.10. The first kappa shape index (κ1) is 11.7. The van der Waals surface area contributed by atoms with Gasteiger partial charge in [-0.05, 0) is 17.7 Å². The van der Waals surface area contributed by atoms with E-state index in [0.717, 1.165) is 10.0 Å². The molecule has 1 rings (SSSR count). The van der Waals surface area contributed by atoms with Gasteiger partial charge < -0.3 is 5.73 Å². The number of rotatable bonds is 2. The van der Waals surface area contributed by atoms with E-state index in [2.05, 4.69) is 22.5 Å². The van der Waals surface area contributed by atoms with Gasteiger partial charge >= 0.3 is 0 Å². The lowest BCUT2D eigenvalue weighted by molar-refractivity contribution is 0.913. The minimum atomic E-state index is -0.0625. The van der Waals surface area contributed by atoms with Crippen LogP contribution in [0.5, 0.6) is 0 Å². The Bertz CT molecular complexity index is 262. The Hall–Kier alpha value is -0.310. The van der Waals surface area contributed by atoms with Gasteiger partial charge in [-0.2, -0.15) is 0 Å². The predicted octanol–water partition coefficient (Wildman–Crippen LogP) is 3.06. The normalized spacial score (nSPS) is 11.5. The van der Waals surface area contributed by atoms with Crippen molar-refractivity contribution < 1.29 is 0 Å². The smallest absolute Gasteiger partial charge is 0.0478 e. The molecule has 1 nitrogen and oxygen atoms in total. The van der Waals surface area contributed by atoms with Gasteiger partial charge in [0.1, 0.15) is 0 Å². The molecule has 0 saturated carbocycles. The SMILES string of the molecule is C=C[C@@H](N)c1cccc(Br)c1.Cl. The molecule has 3 heteroatoms. The first-order valence-corrected chi connectivity index (χ1v) is 4.17. The molecule has 2 N–H and O–H groups in total. The van der Waals surface area contributed by atoms with Crippen LogP contribution in [0.25, 0.3) is 0 Å². The summed E-state index contributed by atoms with van der Waals surface area (Å²) in [6.45, 7) is 3.63. The molecular weight excluding hydrogens is 237 g/mol. The molecule has 0 aromatic heterocycles. The van der Waals surface area contributed by atoms with Gasteiger partial charge in [-0.1, -0.05) is 34.1 Å². The lowest BCUT2D eigenvalue weighted by Gasteiger charge is -2.05. The van der Waals surface area contributed by atoms with Gasteiger partial charge in [0, 0.05) is 10.5 Å². The summed E-state index contributed by atoms with van der Waals surface area (Å²) in [6, 6.07) is 7.85. The average Bonchev–Trinajstić information content (AvgIpc) is 2.03. The lowest BCUT2D eigenvalue weighted by atomic mass is 10.1. The van der Waals surface area contributed by atoms with E-state index in [1.165, 1.54) is 0 Å². The molecule has 66 valence electrons. The summed E-state index contributed by atoms with van der Waals surface area (Å²) in [5.41, 5.74) is 6.80. The van der Waals surface area contributed by atoms with Crippen LogP contribution in [0.15, 0.2) is 41.4 Å². The largest absolute Gasteiger partial charge is 0.321 e. The Morgan fingerprint density at radius 2 is 2.17 bits per heavy atom.